The maximum Gasteiger partial charge on any atom is 0.261 e. The highest BCUT2D eigenvalue weighted by atomic mass is 19.1. The molecule has 3 heterocycles. The Morgan fingerprint density at radius 3 is 3.00 bits per heavy atom. The molecule has 1 aliphatic heterocycles. The molecule has 7 N–H and O–H groups in total. The van der Waals surface area contributed by atoms with Crippen molar-refractivity contribution in [2.45, 2.75) is 24.0 Å². The smallest absolute Gasteiger partial charge is 0.261 e. The van der Waals surface area contributed by atoms with Gasteiger partial charge in [0.05, 0.1) is 12.0 Å². The van der Waals surface area contributed by atoms with Crippen molar-refractivity contribution in [2.75, 3.05) is 19.0 Å². The Hall–Kier alpha value is -2.45. The summed E-state index contributed by atoms with van der Waals surface area (Å²) < 4.78 is 19.4. The average Bonchev–Trinajstić information content (AvgIpc) is 3.06. The summed E-state index contributed by atoms with van der Waals surface area (Å²) in [4.78, 5) is 18.3. The Balaban J connectivity index is 2.18. The number of nitrogens with two attached hydrogens (primary N) is 2. The van der Waals surface area contributed by atoms with Gasteiger partial charge in [-0.05, 0) is 6.07 Å². The van der Waals surface area contributed by atoms with E-state index in [2.05, 4.69) is 21.8 Å². The number of H-pyrrole nitrogens is 1. The van der Waals surface area contributed by atoms with Crippen LogP contribution in [0.1, 0.15) is 6.23 Å². The van der Waals surface area contributed by atoms with Crippen molar-refractivity contribution in [1.82, 2.24) is 14.5 Å². The Morgan fingerprint density at radius 1 is 1.58 bits per heavy atom. The molecule has 2 aromatic rings. The van der Waals surface area contributed by atoms with Crippen LogP contribution < -0.4 is 17.0 Å². The third-order valence-electron chi connectivity index (χ3n) is 3.96. The topological polar surface area (TPSA) is 152 Å². The van der Waals surface area contributed by atoms with Crippen molar-refractivity contribution in [2.24, 2.45) is 5.73 Å². The number of hydrogen-bond donors (Lipinski definition) is 5. The van der Waals surface area contributed by atoms with E-state index in [1.54, 1.807) is 0 Å². The van der Waals surface area contributed by atoms with E-state index >= 15 is 0 Å². The molecule has 3 rings (SSSR count). The van der Waals surface area contributed by atoms with E-state index in [4.69, 9.17) is 16.2 Å². The zero-order chi connectivity index (χ0) is 17.5. The number of alkyl halides is 1. The number of halogens is 1. The monoisotopic (exact) mass is 337 g/mol. The largest absolute Gasteiger partial charge is 0.394 e. The molecule has 0 aliphatic carbocycles. The Kier molecular flexibility index (Phi) is 4.02. The normalized spacial score (nSPS) is 29.6. The molecular weight excluding hydrogens is 321 g/mol. The first-order chi connectivity index (χ1) is 11.4. The summed E-state index contributed by atoms with van der Waals surface area (Å²) >= 11 is 0. The maximum atomic E-state index is 12.5. The highest BCUT2D eigenvalue weighted by molar-refractivity contribution is 5.76. The molecule has 0 amide bonds. The summed E-state index contributed by atoms with van der Waals surface area (Å²) in [6, 6.07) is 1.48. The minimum atomic E-state index is -1.70. The SMILES string of the molecule is Nc1nc2c(ccn2[C@@H]2OC(CO)C(O)[C@]2(N)C#CCF)c(=O)[nH]1. The van der Waals surface area contributed by atoms with Crippen LogP contribution in [0.4, 0.5) is 10.3 Å². The molecule has 9 nitrogen and oxygen atoms in total. The van der Waals surface area contributed by atoms with Gasteiger partial charge >= 0.3 is 0 Å². The van der Waals surface area contributed by atoms with Crippen LogP contribution in [0.25, 0.3) is 11.0 Å². The van der Waals surface area contributed by atoms with Crippen LogP contribution in [0.5, 0.6) is 0 Å². The lowest BCUT2D eigenvalue weighted by Gasteiger charge is -2.28. The number of aliphatic hydroxyl groups excluding tert-OH is 2. The maximum absolute atomic E-state index is 12.5. The predicted octanol–water partition coefficient (Wildman–Crippen LogP) is -1.77. The lowest BCUT2D eigenvalue weighted by Crippen LogP contribution is -2.53. The molecule has 1 aliphatic rings. The van der Waals surface area contributed by atoms with Gasteiger partial charge < -0.3 is 31.0 Å². The van der Waals surface area contributed by atoms with Gasteiger partial charge in [-0.1, -0.05) is 11.8 Å². The first kappa shape index (κ1) is 16.4. The number of hydrogen-bond acceptors (Lipinski definition) is 7. The van der Waals surface area contributed by atoms with E-state index < -0.39 is 42.8 Å². The third-order valence-corrected chi connectivity index (χ3v) is 3.96. The lowest BCUT2D eigenvalue weighted by atomic mass is 9.91. The third kappa shape index (κ3) is 2.35. The van der Waals surface area contributed by atoms with Crippen molar-refractivity contribution in [1.29, 1.82) is 0 Å². The van der Waals surface area contributed by atoms with Crippen LogP contribution in [0.3, 0.4) is 0 Å². The van der Waals surface area contributed by atoms with Crippen LogP contribution in [0.2, 0.25) is 0 Å². The van der Waals surface area contributed by atoms with E-state index in [1.165, 1.54) is 16.8 Å². The Labute approximate surface area is 135 Å². The summed E-state index contributed by atoms with van der Waals surface area (Å²) in [5, 5.41) is 19.9. The second-order valence-electron chi connectivity index (χ2n) is 5.43. The van der Waals surface area contributed by atoms with Gasteiger partial charge in [0.1, 0.15) is 18.9 Å². The van der Waals surface area contributed by atoms with Crippen LogP contribution in [0.15, 0.2) is 17.1 Å². The highest BCUT2D eigenvalue weighted by Gasteiger charge is 2.54. The minimum Gasteiger partial charge on any atom is -0.394 e. The first-order valence-electron chi connectivity index (χ1n) is 7.08. The fourth-order valence-electron chi connectivity index (χ4n) is 2.82. The number of nitrogens with one attached hydrogen (secondary N) is 1. The summed E-state index contributed by atoms with van der Waals surface area (Å²) in [6.45, 7) is -1.47. The molecule has 4 atom stereocenters. The molecule has 24 heavy (non-hydrogen) atoms. The number of aromatic nitrogens is 3. The van der Waals surface area contributed by atoms with Gasteiger partial charge in [-0.3, -0.25) is 9.78 Å². The Morgan fingerprint density at radius 2 is 2.33 bits per heavy atom. The number of ether oxygens (including phenoxy) is 1. The van der Waals surface area contributed by atoms with Crippen LogP contribution >= 0.6 is 0 Å². The molecule has 0 saturated carbocycles. The number of aromatic amines is 1. The van der Waals surface area contributed by atoms with Crippen LogP contribution in [0, 0.1) is 11.8 Å². The van der Waals surface area contributed by atoms with Crippen molar-refractivity contribution < 1.29 is 19.3 Å². The minimum absolute atomic E-state index is 0.109. The number of fused-ring (bicyclic) bond motifs is 1. The van der Waals surface area contributed by atoms with Crippen molar-refractivity contribution >= 4 is 17.0 Å². The summed E-state index contributed by atoms with van der Waals surface area (Å²) in [6.07, 6.45) is -2.02. The standard InChI is InChI=1S/C14H16FN5O4/c15-4-1-3-14(17)9(22)8(6-21)24-12(14)20-5-2-7-10(20)18-13(16)19-11(7)23/h2,5,8-9,12,21-22H,4,6,17H2,(H3,16,18,19,23)/t8?,9?,12-,14-/m1/s1. The molecule has 1 saturated heterocycles. The zero-order valence-corrected chi connectivity index (χ0v) is 12.4. The van der Waals surface area contributed by atoms with Crippen LogP contribution in [-0.2, 0) is 4.74 Å². The molecule has 0 bridgehead atoms. The van der Waals surface area contributed by atoms with Gasteiger partial charge in [-0.15, -0.1) is 0 Å². The molecule has 0 radical (unpaired) electrons. The fraction of sp³-hybridized carbons (Fsp3) is 0.429. The number of nitrogens with zero attached hydrogens (tertiary/aromatic N) is 2. The van der Waals surface area contributed by atoms with Crippen LogP contribution in [-0.4, -0.2) is 55.8 Å². The van der Waals surface area contributed by atoms with Gasteiger partial charge in [0.15, 0.2) is 17.4 Å². The van der Waals surface area contributed by atoms with Gasteiger partial charge in [-0.2, -0.15) is 4.98 Å². The predicted molar refractivity (Wildman–Crippen MR) is 82.4 cm³/mol. The number of anilines is 1. The zero-order valence-electron chi connectivity index (χ0n) is 12.4. The first-order valence-corrected chi connectivity index (χ1v) is 7.08. The van der Waals surface area contributed by atoms with E-state index in [0.717, 1.165) is 0 Å². The molecular formula is C14H16FN5O4. The summed E-state index contributed by atoms with van der Waals surface area (Å²) in [5.74, 6) is 4.52. The number of rotatable bonds is 2. The van der Waals surface area contributed by atoms with Crippen molar-refractivity contribution in [3.63, 3.8) is 0 Å². The second-order valence-corrected chi connectivity index (χ2v) is 5.43. The Bertz CT molecular complexity index is 885. The highest BCUT2D eigenvalue weighted by Crippen LogP contribution is 2.37. The molecule has 128 valence electrons. The molecule has 2 unspecified atom stereocenters. The molecule has 1 fully saturated rings. The lowest BCUT2D eigenvalue weighted by molar-refractivity contribution is -0.0445. The summed E-state index contributed by atoms with van der Waals surface area (Å²) in [5.41, 5.74) is 9.74. The van der Waals surface area contributed by atoms with E-state index in [1.807, 2.05) is 0 Å². The number of nitrogen functional groups attached to an aromatic ring is 1. The van der Waals surface area contributed by atoms with Gasteiger partial charge in [0.2, 0.25) is 5.95 Å². The fourth-order valence-corrected chi connectivity index (χ4v) is 2.82. The van der Waals surface area contributed by atoms with Gasteiger partial charge in [-0.25, -0.2) is 4.39 Å². The van der Waals surface area contributed by atoms with E-state index in [-0.39, 0.29) is 17.0 Å². The quantitative estimate of drug-likeness (QED) is 0.406. The average molecular weight is 337 g/mol. The molecule has 10 heteroatoms. The van der Waals surface area contributed by atoms with Crippen molar-refractivity contribution in [3.8, 4) is 11.8 Å². The van der Waals surface area contributed by atoms with Crippen molar-refractivity contribution in [3.05, 3.63) is 22.6 Å². The summed E-state index contributed by atoms with van der Waals surface area (Å²) in [7, 11) is 0. The number of aliphatic hydroxyl groups is 2. The molecule has 0 spiro atoms. The second kappa shape index (κ2) is 5.88. The molecule has 2 aromatic heterocycles. The van der Waals surface area contributed by atoms with E-state index in [0.29, 0.717) is 0 Å². The van der Waals surface area contributed by atoms with Gasteiger partial charge in [0.25, 0.3) is 5.56 Å². The molecule has 0 aromatic carbocycles. The van der Waals surface area contributed by atoms with Gasteiger partial charge in [0, 0.05) is 6.20 Å². The van der Waals surface area contributed by atoms with E-state index in [9.17, 15) is 19.4 Å².